The Bertz CT molecular complexity index is 511. The van der Waals surface area contributed by atoms with Gasteiger partial charge >= 0.3 is 0 Å². The van der Waals surface area contributed by atoms with Crippen molar-refractivity contribution in [3.8, 4) is 5.75 Å². The Kier molecular flexibility index (Phi) is 4.07. The number of morpholine rings is 1. The van der Waals surface area contributed by atoms with Crippen LogP contribution >= 0.6 is 0 Å². The highest BCUT2D eigenvalue weighted by Gasteiger charge is 2.33. The maximum atomic E-state index is 13.8. The molecule has 0 aliphatic carbocycles. The minimum absolute atomic E-state index is 0.222. The second-order valence-electron chi connectivity index (χ2n) is 5.48. The first-order chi connectivity index (χ1) is 10.2. The zero-order valence-electron chi connectivity index (χ0n) is 11.8. The van der Waals surface area contributed by atoms with Gasteiger partial charge in [-0.05, 0) is 18.6 Å². The second kappa shape index (κ2) is 5.99. The van der Waals surface area contributed by atoms with Crippen molar-refractivity contribution in [2.75, 3.05) is 39.4 Å². The fourth-order valence-corrected chi connectivity index (χ4v) is 3.05. The fourth-order valence-electron chi connectivity index (χ4n) is 3.05. The summed E-state index contributed by atoms with van der Waals surface area (Å²) in [5.74, 6) is -1.40. The number of hydrogen-bond acceptors (Lipinski definition) is 4. The SMILES string of the molecule is O=C(c1c(O)cccc1F)N1CCC(N2CCOCC2)C1. The molecule has 0 bridgehead atoms. The molecule has 1 aromatic carbocycles. The van der Waals surface area contributed by atoms with Crippen LogP contribution in [0.3, 0.4) is 0 Å². The first-order valence-electron chi connectivity index (χ1n) is 7.25. The molecule has 5 nitrogen and oxygen atoms in total. The molecular weight excluding hydrogens is 275 g/mol. The summed E-state index contributed by atoms with van der Waals surface area (Å²) in [5, 5.41) is 9.72. The molecule has 21 heavy (non-hydrogen) atoms. The largest absolute Gasteiger partial charge is 0.507 e. The van der Waals surface area contributed by atoms with Gasteiger partial charge in [-0.2, -0.15) is 0 Å². The van der Waals surface area contributed by atoms with Crippen LogP contribution in [0.5, 0.6) is 5.75 Å². The third kappa shape index (κ3) is 2.87. The van der Waals surface area contributed by atoms with Crippen molar-refractivity contribution in [3.05, 3.63) is 29.6 Å². The minimum Gasteiger partial charge on any atom is -0.507 e. The lowest BCUT2D eigenvalue weighted by atomic mass is 10.1. The van der Waals surface area contributed by atoms with Crippen molar-refractivity contribution < 1.29 is 19.0 Å². The molecule has 6 heteroatoms. The van der Waals surface area contributed by atoms with Gasteiger partial charge in [-0.3, -0.25) is 9.69 Å². The van der Waals surface area contributed by atoms with Gasteiger partial charge in [0.05, 0.1) is 13.2 Å². The van der Waals surface area contributed by atoms with Gasteiger partial charge in [0, 0.05) is 32.2 Å². The highest BCUT2D eigenvalue weighted by Crippen LogP contribution is 2.25. The van der Waals surface area contributed by atoms with E-state index in [1.165, 1.54) is 18.2 Å². The molecule has 3 rings (SSSR count). The normalized spacial score (nSPS) is 23.5. The third-order valence-corrected chi connectivity index (χ3v) is 4.22. The molecule has 1 amide bonds. The van der Waals surface area contributed by atoms with E-state index in [4.69, 9.17) is 4.74 Å². The number of phenolic OH excluding ortho intramolecular Hbond substituents is 1. The average Bonchev–Trinajstić information content (AvgIpc) is 2.97. The van der Waals surface area contributed by atoms with Gasteiger partial charge < -0.3 is 14.7 Å². The average molecular weight is 294 g/mol. The Balaban J connectivity index is 1.69. The van der Waals surface area contributed by atoms with E-state index < -0.39 is 11.7 Å². The zero-order chi connectivity index (χ0) is 14.8. The zero-order valence-corrected chi connectivity index (χ0v) is 11.8. The summed E-state index contributed by atoms with van der Waals surface area (Å²) < 4.78 is 19.1. The predicted octanol–water partition coefficient (Wildman–Crippen LogP) is 1.08. The first kappa shape index (κ1) is 14.3. The molecule has 0 radical (unpaired) electrons. The molecule has 0 spiro atoms. The molecule has 2 aliphatic heterocycles. The molecule has 1 N–H and O–H groups in total. The van der Waals surface area contributed by atoms with E-state index in [9.17, 15) is 14.3 Å². The van der Waals surface area contributed by atoms with Crippen molar-refractivity contribution in [2.24, 2.45) is 0 Å². The van der Waals surface area contributed by atoms with E-state index in [-0.39, 0.29) is 11.3 Å². The number of carbonyl (C=O) groups excluding carboxylic acids is 1. The number of halogens is 1. The minimum atomic E-state index is -0.671. The molecule has 0 saturated carbocycles. The van der Waals surface area contributed by atoms with Gasteiger partial charge in [-0.25, -0.2) is 4.39 Å². The van der Waals surface area contributed by atoms with Crippen molar-refractivity contribution in [2.45, 2.75) is 12.5 Å². The Labute approximate surface area is 122 Å². The van der Waals surface area contributed by atoms with Crippen LogP contribution in [0.1, 0.15) is 16.8 Å². The predicted molar refractivity (Wildman–Crippen MR) is 74.8 cm³/mol. The van der Waals surface area contributed by atoms with E-state index in [2.05, 4.69) is 4.90 Å². The maximum absolute atomic E-state index is 13.8. The summed E-state index contributed by atoms with van der Waals surface area (Å²) in [6.45, 7) is 4.35. The molecule has 1 unspecified atom stereocenters. The number of carbonyl (C=O) groups is 1. The van der Waals surface area contributed by atoms with Crippen LogP contribution in [-0.4, -0.2) is 66.2 Å². The number of rotatable bonds is 2. The lowest BCUT2D eigenvalue weighted by Gasteiger charge is -2.32. The van der Waals surface area contributed by atoms with Gasteiger partial charge in [0.15, 0.2) is 0 Å². The number of benzene rings is 1. The van der Waals surface area contributed by atoms with E-state index in [0.29, 0.717) is 19.1 Å². The van der Waals surface area contributed by atoms with Crippen LogP contribution in [0, 0.1) is 5.82 Å². The van der Waals surface area contributed by atoms with Crippen molar-refractivity contribution >= 4 is 5.91 Å². The molecule has 114 valence electrons. The van der Waals surface area contributed by atoms with Crippen LogP contribution in [0.15, 0.2) is 18.2 Å². The number of hydrogen-bond donors (Lipinski definition) is 1. The van der Waals surface area contributed by atoms with Crippen molar-refractivity contribution in [1.82, 2.24) is 9.80 Å². The van der Waals surface area contributed by atoms with Gasteiger partial charge in [0.2, 0.25) is 0 Å². The number of ether oxygens (including phenoxy) is 1. The summed E-state index contributed by atoms with van der Waals surface area (Å²) in [6, 6.07) is 4.22. The number of nitrogens with zero attached hydrogens (tertiary/aromatic N) is 2. The van der Waals surface area contributed by atoms with Crippen molar-refractivity contribution in [3.63, 3.8) is 0 Å². The fraction of sp³-hybridized carbons (Fsp3) is 0.533. The second-order valence-corrected chi connectivity index (χ2v) is 5.48. The molecule has 2 heterocycles. The number of amides is 1. The van der Waals surface area contributed by atoms with Crippen LogP contribution in [0.4, 0.5) is 4.39 Å². The third-order valence-electron chi connectivity index (χ3n) is 4.22. The summed E-state index contributed by atoms with van der Waals surface area (Å²) in [5.41, 5.74) is -0.222. The Morgan fingerprint density at radius 3 is 2.76 bits per heavy atom. The molecule has 1 aromatic rings. The van der Waals surface area contributed by atoms with E-state index in [1.54, 1.807) is 4.90 Å². The highest BCUT2D eigenvalue weighted by molar-refractivity contribution is 5.97. The molecule has 2 fully saturated rings. The van der Waals surface area contributed by atoms with Gasteiger partial charge in [-0.1, -0.05) is 6.07 Å². The van der Waals surface area contributed by atoms with E-state index >= 15 is 0 Å². The van der Waals surface area contributed by atoms with Crippen molar-refractivity contribution in [1.29, 1.82) is 0 Å². The first-order valence-corrected chi connectivity index (χ1v) is 7.25. The van der Waals surface area contributed by atoms with E-state index in [1.807, 2.05) is 0 Å². The number of likely N-dealkylation sites (tertiary alicyclic amines) is 1. The standard InChI is InChI=1S/C15H19FN2O3/c16-12-2-1-3-13(19)14(12)15(20)18-5-4-11(10-18)17-6-8-21-9-7-17/h1-3,11,19H,4-10H2. The molecule has 1 atom stereocenters. The van der Waals surface area contributed by atoms with E-state index in [0.717, 1.165) is 32.7 Å². The summed E-state index contributed by atoms with van der Waals surface area (Å²) in [4.78, 5) is 16.3. The van der Waals surface area contributed by atoms with Gasteiger partial charge in [-0.15, -0.1) is 0 Å². The highest BCUT2D eigenvalue weighted by atomic mass is 19.1. The number of phenols is 1. The molecule has 2 saturated heterocycles. The summed E-state index contributed by atoms with van der Waals surface area (Å²) in [7, 11) is 0. The number of aromatic hydroxyl groups is 1. The quantitative estimate of drug-likeness (QED) is 0.887. The summed E-state index contributed by atoms with van der Waals surface area (Å²) in [6.07, 6.45) is 0.876. The Hall–Kier alpha value is -1.66. The van der Waals surface area contributed by atoms with Gasteiger partial charge in [0.1, 0.15) is 17.1 Å². The molecular formula is C15H19FN2O3. The topological polar surface area (TPSA) is 53.0 Å². The smallest absolute Gasteiger partial charge is 0.260 e. The van der Waals surface area contributed by atoms with Crippen LogP contribution in [0.25, 0.3) is 0 Å². The van der Waals surface area contributed by atoms with Crippen LogP contribution < -0.4 is 0 Å². The monoisotopic (exact) mass is 294 g/mol. The van der Waals surface area contributed by atoms with Crippen LogP contribution in [-0.2, 0) is 4.74 Å². The lowest BCUT2D eigenvalue weighted by Crippen LogP contribution is -2.45. The molecule has 0 aromatic heterocycles. The van der Waals surface area contributed by atoms with Crippen LogP contribution in [0.2, 0.25) is 0 Å². The van der Waals surface area contributed by atoms with Gasteiger partial charge in [0.25, 0.3) is 5.91 Å². The summed E-state index contributed by atoms with van der Waals surface area (Å²) >= 11 is 0. The maximum Gasteiger partial charge on any atom is 0.260 e. The Morgan fingerprint density at radius 1 is 1.29 bits per heavy atom. The molecule has 2 aliphatic rings. The Morgan fingerprint density at radius 2 is 2.05 bits per heavy atom. The lowest BCUT2D eigenvalue weighted by molar-refractivity contribution is 0.0185.